The molecule has 0 aliphatic carbocycles. The van der Waals surface area contributed by atoms with Crippen LogP contribution in [0.2, 0.25) is 0 Å². The fourth-order valence-corrected chi connectivity index (χ4v) is 2.27. The van der Waals surface area contributed by atoms with Gasteiger partial charge in [0.15, 0.2) is 0 Å². The molecule has 0 spiro atoms. The Labute approximate surface area is 114 Å². The minimum Gasteiger partial charge on any atom is -0.469 e. The summed E-state index contributed by atoms with van der Waals surface area (Å²) in [6.07, 6.45) is 0.285. The molecular weight excluding hydrogens is 242 g/mol. The molecule has 1 fully saturated rings. The fraction of sp³-hybridized carbons (Fsp3) is 0.533. The number of methoxy groups -OCH3 is 1. The van der Waals surface area contributed by atoms with Gasteiger partial charge in [0.05, 0.1) is 26.2 Å². The minimum atomic E-state index is -0.206. The number of nitrogens with zero attached hydrogens (tertiary/aromatic N) is 1. The van der Waals surface area contributed by atoms with E-state index in [0.29, 0.717) is 13.0 Å². The standard InChI is InChI=1S/C15H21NO3/c1-12-3-5-13(6-4-12)10-16-7-8-19-14(11-16)9-15(17)18-2/h3-6,14H,7-11H2,1-2H3. The molecule has 0 amide bonds. The van der Waals surface area contributed by atoms with E-state index in [4.69, 9.17) is 4.74 Å². The van der Waals surface area contributed by atoms with E-state index in [1.807, 2.05) is 0 Å². The molecule has 0 bridgehead atoms. The first kappa shape index (κ1) is 14.0. The Kier molecular flexibility index (Phi) is 4.93. The van der Waals surface area contributed by atoms with Gasteiger partial charge in [-0.15, -0.1) is 0 Å². The lowest BCUT2D eigenvalue weighted by atomic mass is 10.1. The smallest absolute Gasteiger partial charge is 0.308 e. The van der Waals surface area contributed by atoms with Crippen LogP contribution in [0, 0.1) is 6.92 Å². The molecule has 104 valence electrons. The SMILES string of the molecule is COC(=O)CC1CN(Cc2ccc(C)cc2)CCO1. The second-order valence-corrected chi connectivity index (χ2v) is 4.99. The van der Waals surface area contributed by atoms with Crippen molar-refractivity contribution in [3.63, 3.8) is 0 Å². The van der Waals surface area contributed by atoms with Crippen molar-refractivity contribution >= 4 is 5.97 Å². The topological polar surface area (TPSA) is 38.8 Å². The van der Waals surface area contributed by atoms with Crippen LogP contribution < -0.4 is 0 Å². The Morgan fingerprint density at radius 1 is 1.42 bits per heavy atom. The highest BCUT2D eigenvalue weighted by atomic mass is 16.5. The summed E-state index contributed by atoms with van der Waals surface area (Å²) >= 11 is 0. The number of hydrogen-bond donors (Lipinski definition) is 0. The third-order valence-corrected chi connectivity index (χ3v) is 3.37. The van der Waals surface area contributed by atoms with E-state index < -0.39 is 0 Å². The van der Waals surface area contributed by atoms with Gasteiger partial charge in [0.25, 0.3) is 0 Å². The normalized spacial score (nSPS) is 20.2. The van der Waals surface area contributed by atoms with Gasteiger partial charge in [0, 0.05) is 19.6 Å². The van der Waals surface area contributed by atoms with E-state index in [2.05, 4.69) is 40.8 Å². The van der Waals surface area contributed by atoms with Gasteiger partial charge >= 0.3 is 5.97 Å². The fourth-order valence-electron chi connectivity index (χ4n) is 2.27. The summed E-state index contributed by atoms with van der Waals surface area (Å²) in [4.78, 5) is 13.6. The Bertz CT molecular complexity index is 416. The van der Waals surface area contributed by atoms with Crippen LogP contribution in [0.4, 0.5) is 0 Å². The number of esters is 1. The Morgan fingerprint density at radius 2 is 2.16 bits per heavy atom. The maximum Gasteiger partial charge on any atom is 0.308 e. The van der Waals surface area contributed by atoms with Crippen molar-refractivity contribution in [2.24, 2.45) is 0 Å². The lowest BCUT2D eigenvalue weighted by Crippen LogP contribution is -2.42. The summed E-state index contributed by atoms with van der Waals surface area (Å²) in [5.41, 5.74) is 2.57. The van der Waals surface area contributed by atoms with Crippen molar-refractivity contribution < 1.29 is 14.3 Å². The van der Waals surface area contributed by atoms with Crippen LogP contribution in [0.3, 0.4) is 0 Å². The molecule has 0 N–H and O–H groups in total. The number of hydrogen-bond acceptors (Lipinski definition) is 4. The number of morpholine rings is 1. The highest BCUT2D eigenvalue weighted by Gasteiger charge is 2.23. The molecule has 2 rings (SSSR count). The first-order chi connectivity index (χ1) is 9.17. The number of ether oxygens (including phenoxy) is 2. The average Bonchev–Trinajstić information content (AvgIpc) is 2.42. The number of carbonyl (C=O) groups is 1. The highest BCUT2D eigenvalue weighted by molar-refractivity contribution is 5.69. The minimum absolute atomic E-state index is 0.0494. The zero-order valence-corrected chi connectivity index (χ0v) is 11.6. The molecule has 1 aromatic carbocycles. The first-order valence-electron chi connectivity index (χ1n) is 6.63. The summed E-state index contributed by atoms with van der Waals surface area (Å²) in [5.74, 6) is -0.206. The molecule has 0 radical (unpaired) electrons. The molecule has 4 nitrogen and oxygen atoms in total. The van der Waals surface area contributed by atoms with Crippen LogP contribution >= 0.6 is 0 Å². The zero-order valence-electron chi connectivity index (χ0n) is 11.6. The maximum absolute atomic E-state index is 11.3. The van der Waals surface area contributed by atoms with Crippen LogP contribution in [-0.2, 0) is 20.8 Å². The number of aryl methyl sites for hydroxylation is 1. The Hall–Kier alpha value is -1.39. The number of carbonyl (C=O) groups excluding carboxylic acids is 1. The molecule has 0 aromatic heterocycles. The van der Waals surface area contributed by atoms with Gasteiger partial charge < -0.3 is 9.47 Å². The van der Waals surface area contributed by atoms with Crippen LogP contribution in [0.25, 0.3) is 0 Å². The summed E-state index contributed by atoms with van der Waals surface area (Å²) in [7, 11) is 1.41. The second kappa shape index (κ2) is 6.68. The summed E-state index contributed by atoms with van der Waals surface area (Å²) < 4.78 is 10.3. The van der Waals surface area contributed by atoms with Gasteiger partial charge in [-0.05, 0) is 12.5 Å². The summed E-state index contributed by atoms with van der Waals surface area (Å²) in [6, 6.07) is 8.56. The predicted molar refractivity (Wildman–Crippen MR) is 72.8 cm³/mol. The Balaban J connectivity index is 1.87. The molecule has 0 saturated carbocycles. The first-order valence-corrected chi connectivity index (χ1v) is 6.63. The van der Waals surface area contributed by atoms with E-state index in [1.165, 1.54) is 18.2 Å². The van der Waals surface area contributed by atoms with Gasteiger partial charge in [-0.25, -0.2) is 0 Å². The molecule has 1 heterocycles. The molecule has 1 saturated heterocycles. The molecule has 1 atom stereocenters. The molecule has 1 aliphatic rings. The van der Waals surface area contributed by atoms with Crippen LogP contribution in [0.15, 0.2) is 24.3 Å². The number of benzene rings is 1. The van der Waals surface area contributed by atoms with E-state index in [0.717, 1.165) is 19.6 Å². The van der Waals surface area contributed by atoms with Crippen LogP contribution in [0.5, 0.6) is 0 Å². The van der Waals surface area contributed by atoms with Crippen molar-refractivity contribution in [1.82, 2.24) is 4.90 Å². The average molecular weight is 263 g/mol. The molecule has 1 aromatic rings. The maximum atomic E-state index is 11.3. The van der Waals surface area contributed by atoms with Crippen molar-refractivity contribution in [2.75, 3.05) is 26.8 Å². The monoisotopic (exact) mass is 263 g/mol. The van der Waals surface area contributed by atoms with E-state index >= 15 is 0 Å². The quantitative estimate of drug-likeness (QED) is 0.776. The van der Waals surface area contributed by atoms with Crippen LogP contribution in [0.1, 0.15) is 17.5 Å². The molecule has 4 heteroatoms. The lowest BCUT2D eigenvalue weighted by Gasteiger charge is -2.32. The van der Waals surface area contributed by atoms with Crippen molar-refractivity contribution in [3.05, 3.63) is 35.4 Å². The molecular formula is C15H21NO3. The third kappa shape index (κ3) is 4.33. The van der Waals surface area contributed by atoms with E-state index in [9.17, 15) is 4.79 Å². The largest absolute Gasteiger partial charge is 0.469 e. The molecule has 19 heavy (non-hydrogen) atoms. The van der Waals surface area contributed by atoms with Crippen LogP contribution in [-0.4, -0.2) is 43.8 Å². The van der Waals surface area contributed by atoms with Crippen molar-refractivity contribution in [2.45, 2.75) is 26.0 Å². The lowest BCUT2D eigenvalue weighted by molar-refractivity contribution is -0.145. The van der Waals surface area contributed by atoms with Gasteiger partial charge in [-0.3, -0.25) is 9.69 Å². The van der Waals surface area contributed by atoms with Gasteiger partial charge in [-0.2, -0.15) is 0 Å². The third-order valence-electron chi connectivity index (χ3n) is 3.37. The zero-order chi connectivity index (χ0) is 13.7. The number of rotatable bonds is 4. The van der Waals surface area contributed by atoms with E-state index in [-0.39, 0.29) is 12.1 Å². The second-order valence-electron chi connectivity index (χ2n) is 4.99. The molecule has 1 aliphatic heterocycles. The van der Waals surface area contributed by atoms with Crippen molar-refractivity contribution in [3.8, 4) is 0 Å². The van der Waals surface area contributed by atoms with Crippen molar-refractivity contribution in [1.29, 1.82) is 0 Å². The predicted octanol–water partition coefficient (Wildman–Crippen LogP) is 1.76. The Morgan fingerprint density at radius 3 is 2.84 bits per heavy atom. The van der Waals surface area contributed by atoms with Gasteiger partial charge in [0.2, 0.25) is 0 Å². The molecule has 1 unspecified atom stereocenters. The van der Waals surface area contributed by atoms with Gasteiger partial charge in [0.1, 0.15) is 0 Å². The summed E-state index contributed by atoms with van der Waals surface area (Å²) in [5, 5.41) is 0. The van der Waals surface area contributed by atoms with Gasteiger partial charge in [-0.1, -0.05) is 29.8 Å². The van der Waals surface area contributed by atoms with E-state index in [1.54, 1.807) is 0 Å². The summed E-state index contributed by atoms with van der Waals surface area (Å²) in [6.45, 7) is 5.36. The highest BCUT2D eigenvalue weighted by Crippen LogP contribution is 2.13.